The topological polar surface area (TPSA) is 84.5 Å². The molecule has 0 radical (unpaired) electrons. The Bertz CT molecular complexity index is 863. The van der Waals surface area contributed by atoms with Gasteiger partial charge in [0.2, 0.25) is 5.91 Å². The van der Waals surface area contributed by atoms with E-state index in [4.69, 9.17) is 16.3 Å². The zero-order valence-electron chi connectivity index (χ0n) is 14.9. The highest BCUT2D eigenvalue weighted by atomic mass is 35.5. The summed E-state index contributed by atoms with van der Waals surface area (Å²) in [5.74, 6) is -1.31. The smallest absolute Gasteiger partial charge is 0.331 e. The van der Waals surface area contributed by atoms with Crippen molar-refractivity contribution in [1.82, 2.24) is 0 Å². The highest BCUT2D eigenvalue weighted by Gasteiger charge is 2.16. The van der Waals surface area contributed by atoms with Crippen molar-refractivity contribution in [2.45, 2.75) is 20.0 Å². The van der Waals surface area contributed by atoms with Crippen LogP contribution in [0.5, 0.6) is 0 Å². The van der Waals surface area contributed by atoms with E-state index in [2.05, 4.69) is 10.6 Å². The van der Waals surface area contributed by atoms with E-state index in [1.807, 2.05) is 0 Å². The quantitative estimate of drug-likeness (QED) is 0.582. The van der Waals surface area contributed by atoms with Gasteiger partial charge in [-0.15, -0.1) is 0 Å². The van der Waals surface area contributed by atoms with Crippen LogP contribution < -0.4 is 10.6 Å². The van der Waals surface area contributed by atoms with Gasteiger partial charge in [0, 0.05) is 29.4 Å². The van der Waals surface area contributed by atoms with Gasteiger partial charge in [-0.25, -0.2) is 4.79 Å². The van der Waals surface area contributed by atoms with E-state index in [0.717, 1.165) is 0 Å². The SMILES string of the molecule is CC(=O)Nc1ccc(NC(=O)[C@@H](C)OC(=O)C=Cc2ccccc2Cl)cc1. The Morgan fingerprint density at radius 1 is 1.00 bits per heavy atom. The van der Waals surface area contributed by atoms with Crippen LogP contribution in [0.15, 0.2) is 54.6 Å². The van der Waals surface area contributed by atoms with Gasteiger partial charge >= 0.3 is 5.97 Å². The number of nitrogens with one attached hydrogen (secondary N) is 2. The molecule has 0 aromatic heterocycles. The lowest BCUT2D eigenvalue weighted by molar-refractivity contribution is -0.148. The Balaban J connectivity index is 1.88. The van der Waals surface area contributed by atoms with Crippen LogP contribution in [0.1, 0.15) is 19.4 Å². The number of carbonyl (C=O) groups excluding carboxylic acids is 3. The molecule has 2 N–H and O–H groups in total. The number of rotatable bonds is 6. The van der Waals surface area contributed by atoms with Crippen LogP contribution in [0.4, 0.5) is 11.4 Å². The summed E-state index contributed by atoms with van der Waals surface area (Å²) in [7, 11) is 0. The van der Waals surface area contributed by atoms with Gasteiger partial charge in [-0.3, -0.25) is 9.59 Å². The molecule has 0 bridgehead atoms. The standard InChI is InChI=1S/C20H19ClN2O4/c1-13(27-19(25)12-7-15-5-3-4-6-18(15)21)20(26)23-17-10-8-16(9-11-17)22-14(2)24/h3-13H,1-2H3,(H,22,24)(H,23,26)/t13-/m1/s1. The molecule has 2 aromatic rings. The van der Waals surface area contributed by atoms with Crippen molar-refractivity contribution < 1.29 is 19.1 Å². The fourth-order valence-corrected chi connectivity index (χ4v) is 2.32. The fourth-order valence-electron chi connectivity index (χ4n) is 2.12. The molecule has 7 heteroatoms. The summed E-state index contributed by atoms with van der Waals surface area (Å²) in [6.45, 7) is 2.88. The molecule has 0 saturated heterocycles. The first-order valence-electron chi connectivity index (χ1n) is 8.17. The Kier molecular flexibility index (Phi) is 7.14. The van der Waals surface area contributed by atoms with Crippen molar-refractivity contribution in [2.24, 2.45) is 0 Å². The third-order valence-electron chi connectivity index (χ3n) is 3.44. The van der Waals surface area contributed by atoms with Crippen molar-refractivity contribution >= 4 is 46.8 Å². The Hall–Kier alpha value is -3.12. The van der Waals surface area contributed by atoms with Crippen LogP contribution in [0.25, 0.3) is 6.08 Å². The third kappa shape index (κ3) is 6.60. The molecular formula is C20H19ClN2O4. The zero-order valence-corrected chi connectivity index (χ0v) is 15.6. The van der Waals surface area contributed by atoms with Gasteiger partial charge in [0.25, 0.3) is 5.91 Å². The first kappa shape index (κ1) is 20.2. The molecule has 0 unspecified atom stereocenters. The molecule has 0 aliphatic rings. The number of amides is 2. The molecule has 27 heavy (non-hydrogen) atoms. The third-order valence-corrected chi connectivity index (χ3v) is 3.78. The number of halogens is 1. The second-order valence-corrected chi connectivity index (χ2v) is 6.09. The van der Waals surface area contributed by atoms with Gasteiger partial charge in [0.1, 0.15) is 0 Å². The highest BCUT2D eigenvalue weighted by Crippen LogP contribution is 2.17. The average Bonchev–Trinajstić information content (AvgIpc) is 2.62. The first-order chi connectivity index (χ1) is 12.8. The number of benzene rings is 2. The van der Waals surface area contributed by atoms with Crippen molar-refractivity contribution in [2.75, 3.05) is 10.6 Å². The summed E-state index contributed by atoms with van der Waals surface area (Å²) < 4.78 is 5.08. The van der Waals surface area contributed by atoms with Crippen LogP contribution in [0.2, 0.25) is 5.02 Å². The number of hydrogen-bond donors (Lipinski definition) is 2. The van der Waals surface area contributed by atoms with Crippen LogP contribution in [0, 0.1) is 0 Å². The van der Waals surface area contributed by atoms with Gasteiger partial charge in [0.05, 0.1) is 0 Å². The number of carbonyl (C=O) groups is 3. The molecule has 6 nitrogen and oxygen atoms in total. The van der Waals surface area contributed by atoms with Crippen LogP contribution in [-0.2, 0) is 19.1 Å². The predicted octanol–water partition coefficient (Wildman–Crippen LogP) is 3.88. The minimum Gasteiger partial charge on any atom is -0.449 e. The van der Waals surface area contributed by atoms with Crippen molar-refractivity contribution in [3.05, 3.63) is 65.2 Å². The zero-order chi connectivity index (χ0) is 19.8. The van der Waals surface area contributed by atoms with E-state index < -0.39 is 18.0 Å². The first-order valence-corrected chi connectivity index (χ1v) is 8.54. The largest absolute Gasteiger partial charge is 0.449 e. The second-order valence-electron chi connectivity index (χ2n) is 5.68. The molecule has 0 spiro atoms. The molecule has 2 aromatic carbocycles. The fraction of sp³-hybridized carbons (Fsp3) is 0.150. The molecule has 2 rings (SSSR count). The van der Waals surface area contributed by atoms with E-state index in [9.17, 15) is 14.4 Å². The predicted molar refractivity (Wildman–Crippen MR) is 105 cm³/mol. The molecule has 140 valence electrons. The molecule has 0 fully saturated rings. The van der Waals surface area contributed by atoms with Crippen LogP contribution >= 0.6 is 11.6 Å². The van der Waals surface area contributed by atoms with E-state index in [-0.39, 0.29) is 5.91 Å². The maximum absolute atomic E-state index is 12.1. The minimum absolute atomic E-state index is 0.183. The highest BCUT2D eigenvalue weighted by molar-refractivity contribution is 6.32. The summed E-state index contributed by atoms with van der Waals surface area (Å²) in [5, 5.41) is 5.77. The average molecular weight is 387 g/mol. The Labute approximate surface area is 162 Å². The summed E-state index contributed by atoms with van der Waals surface area (Å²) in [5.41, 5.74) is 1.81. The lowest BCUT2D eigenvalue weighted by Gasteiger charge is -2.12. The van der Waals surface area contributed by atoms with Crippen molar-refractivity contribution in [3.63, 3.8) is 0 Å². The summed E-state index contributed by atoms with van der Waals surface area (Å²) in [4.78, 5) is 35.0. The number of anilines is 2. The van der Waals surface area contributed by atoms with E-state index in [1.54, 1.807) is 48.5 Å². The molecular weight excluding hydrogens is 368 g/mol. The number of hydrogen-bond acceptors (Lipinski definition) is 4. The van der Waals surface area contributed by atoms with Gasteiger partial charge in [0.15, 0.2) is 6.10 Å². The lowest BCUT2D eigenvalue weighted by atomic mass is 10.2. The molecule has 0 heterocycles. The van der Waals surface area contributed by atoms with Crippen LogP contribution in [0.3, 0.4) is 0 Å². The maximum Gasteiger partial charge on any atom is 0.331 e. The van der Waals surface area contributed by atoms with Crippen molar-refractivity contribution in [3.8, 4) is 0 Å². The van der Waals surface area contributed by atoms with Crippen LogP contribution in [-0.4, -0.2) is 23.9 Å². The van der Waals surface area contributed by atoms with E-state index >= 15 is 0 Å². The van der Waals surface area contributed by atoms with E-state index in [0.29, 0.717) is 22.0 Å². The summed E-state index contributed by atoms with van der Waals surface area (Å²) in [6, 6.07) is 13.6. The summed E-state index contributed by atoms with van der Waals surface area (Å²) >= 11 is 6.00. The Morgan fingerprint density at radius 2 is 1.59 bits per heavy atom. The van der Waals surface area contributed by atoms with Gasteiger partial charge in [-0.1, -0.05) is 29.8 Å². The van der Waals surface area contributed by atoms with Gasteiger partial charge in [-0.2, -0.15) is 0 Å². The summed E-state index contributed by atoms with van der Waals surface area (Å²) in [6.07, 6.45) is 1.76. The molecule has 0 saturated carbocycles. The molecule has 1 atom stereocenters. The van der Waals surface area contributed by atoms with Gasteiger partial charge < -0.3 is 15.4 Å². The van der Waals surface area contributed by atoms with Gasteiger partial charge in [-0.05, 0) is 48.9 Å². The normalized spacial score (nSPS) is 11.7. The number of ether oxygens (including phenoxy) is 1. The second kappa shape index (κ2) is 9.54. The molecule has 0 aliphatic heterocycles. The van der Waals surface area contributed by atoms with E-state index in [1.165, 1.54) is 26.0 Å². The minimum atomic E-state index is -0.983. The molecule has 0 aliphatic carbocycles. The maximum atomic E-state index is 12.1. The van der Waals surface area contributed by atoms with Crippen molar-refractivity contribution in [1.29, 1.82) is 0 Å². The molecule has 2 amide bonds. The lowest BCUT2D eigenvalue weighted by Crippen LogP contribution is -2.29. The number of esters is 1. The Morgan fingerprint density at radius 3 is 2.19 bits per heavy atom. The monoisotopic (exact) mass is 386 g/mol.